The van der Waals surface area contributed by atoms with E-state index in [1.165, 1.54) is 32.3 Å². The minimum absolute atomic E-state index is 0.109. The summed E-state index contributed by atoms with van der Waals surface area (Å²) in [6.07, 6.45) is 3.13. The molecule has 0 amide bonds. The molecule has 0 aromatic heterocycles. The molecule has 3 aromatic carbocycles. The maximum atomic E-state index is 5.85. The fourth-order valence-electron chi connectivity index (χ4n) is 5.51. The van der Waals surface area contributed by atoms with Crippen LogP contribution in [0.5, 0.6) is 11.5 Å². The van der Waals surface area contributed by atoms with E-state index >= 15 is 0 Å². The van der Waals surface area contributed by atoms with Crippen LogP contribution in [-0.2, 0) is 19.3 Å². The van der Waals surface area contributed by atoms with Crippen LogP contribution in [0.4, 0.5) is 0 Å². The summed E-state index contributed by atoms with van der Waals surface area (Å²) in [4.78, 5) is 0. The van der Waals surface area contributed by atoms with Crippen LogP contribution < -0.4 is 9.47 Å². The van der Waals surface area contributed by atoms with Crippen LogP contribution in [0.25, 0.3) is 0 Å². The van der Waals surface area contributed by atoms with Crippen LogP contribution in [0.1, 0.15) is 33.7 Å². The first kappa shape index (κ1) is 17.8. The topological polar surface area (TPSA) is 18.5 Å². The van der Waals surface area contributed by atoms with Gasteiger partial charge in [0.15, 0.2) is 0 Å². The molecule has 3 aromatic rings. The molecular weight excluding hydrogens is 412 g/mol. The average molecular weight is 435 g/mol. The summed E-state index contributed by atoms with van der Waals surface area (Å²) in [5.74, 6) is 2.23. The zero-order valence-electron chi connectivity index (χ0n) is 16.2. The number of methoxy groups -OCH3 is 2. The number of rotatable bonds is 3. The van der Waals surface area contributed by atoms with E-state index in [0.717, 1.165) is 30.8 Å². The lowest BCUT2D eigenvalue weighted by Crippen LogP contribution is -2.28. The van der Waals surface area contributed by atoms with E-state index in [1.807, 2.05) is 0 Å². The Morgan fingerprint density at radius 3 is 2.21 bits per heavy atom. The lowest BCUT2D eigenvalue weighted by Gasteiger charge is -2.32. The summed E-state index contributed by atoms with van der Waals surface area (Å²) in [5, 5.41) is 0. The van der Waals surface area contributed by atoms with Gasteiger partial charge >= 0.3 is 0 Å². The van der Waals surface area contributed by atoms with Crippen molar-refractivity contribution >= 4 is 15.9 Å². The van der Waals surface area contributed by atoms with E-state index in [4.69, 9.17) is 9.47 Å². The van der Waals surface area contributed by atoms with Crippen molar-refractivity contribution in [2.75, 3.05) is 14.2 Å². The quantitative estimate of drug-likeness (QED) is 0.507. The van der Waals surface area contributed by atoms with Gasteiger partial charge in [0, 0.05) is 21.5 Å². The Labute approximate surface area is 174 Å². The third-order valence-electron chi connectivity index (χ3n) is 6.56. The van der Waals surface area contributed by atoms with E-state index in [-0.39, 0.29) is 11.3 Å². The summed E-state index contributed by atoms with van der Waals surface area (Å²) in [6, 6.07) is 21.6. The molecule has 0 saturated carbocycles. The lowest BCUT2D eigenvalue weighted by atomic mass is 9.70. The molecule has 0 fully saturated rings. The number of ether oxygens (including phenoxy) is 2. The smallest absolute Gasteiger partial charge is 0.123 e. The van der Waals surface area contributed by atoms with Crippen molar-refractivity contribution in [2.45, 2.75) is 25.2 Å². The monoisotopic (exact) mass is 434 g/mol. The van der Waals surface area contributed by atoms with Gasteiger partial charge in [0.05, 0.1) is 14.2 Å². The number of halogens is 1. The summed E-state index contributed by atoms with van der Waals surface area (Å²) < 4.78 is 12.9. The number of hydrogen-bond donors (Lipinski definition) is 0. The molecule has 2 nitrogen and oxygen atoms in total. The Hall–Kier alpha value is -2.26. The molecule has 5 rings (SSSR count). The SMILES string of the molecule is COc1ccc(OC)c2c1C[C@@]1(Cc3cccc(Br)c3C1)[C@@H]2c1ccccc1. The second kappa shape index (κ2) is 6.66. The summed E-state index contributed by atoms with van der Waals surface area (Å²) in [6.45, 7) is 0. The Balaban J connectivity index is 1.74. The largest absolute Gasteiger partial charge is 0.496 e. The fraction of sp³-hybridized carbons (Fsp3) is 0.280. The van der Waals surface area contributed by atoms with Crippen LogP contribution in [0.2, 0.25) is 0 Å². The zero-order valence-corrected chi connectivity index (χ0v) is 17.8. The third kappa shape index (κ3) is 2.52. The fourth-order valence-corrected chi connectivity index (χ4v) is 6.05. The molecule has 1 spiro atoms. The second-order valence-corrected chi connectivity index (χ2v) is 8.83. The van der Waals surface area contributed by atoms with Crippen LogP contribution in [0.15, 0.2) is 65.1 Å². The van der Waals surface area contributed by atoms with E-state index in [2.05, 4.69) is 76.6 Å². The highest BCUT2D eigenvalue weighted by Crippen LogP contribution is 2.61. The van der Waals surface area contributed by atoms with Gasteiger partial charge < -0.3 is 9.47 Å². The van der Waals surface area contributed by atoms with Gasteiger partial charge in [0.2, 0.25) is 0 Å². The highest BCUT2D eigenvalue weighted by atomic mass is 79.9. The normalized spacial score (nSPS) is 22.2. The highest BCUT2D eigenvalue weighted by Gasteiger charge is 2.52. The molecule has 142 valence electrons. The second-order valence-electron chi connectivity index (χ2n) is 7.98. The van der Waals surface area contributed by atoms with Crippen molar-refractivity contribution in [3.8, 4) is 11.5 Å². The molecule has 3 heteroatoms. The van der Waals surface area contributed by atoms with Crippen LogP contribution in [-0.4, -0.2) is 14.2 Å². The Kier molecular flexibility index (Phi) is 4.24. The van der Waals surface area contributed by atoms with Crippen molar-refractivity contribution in [2.24, 2.45) is 5.41 Å². The van der Waals surface area contributed by atoms with Crippen molar-refractivity contribution in [3.05, 3.63) is 93.0 Å². The van der Waals surface area contributed by atoms with Gasteiger partial charge in [-0.1, -0.05) is 58.4 Å². The molecule has 0 unspecified atom stereocenters. The Bertz CT molecular complexity index is 1040. The van der Waals surface area contributed by atoms with Gasteiger partial charge in [-0.2, -0.15) is 0 Å². The molecule has 0 aliphatic heterocycles. The van der Waals surface area contributed by atoms with Crippen molar-refractivity contribution in [1.82, 2.24) is 0 Å². The maximum Gasteiger partial charge on any atom is 0.123 e. The molecule has 28 heavy (non-hydrogen) atoms. The van der Waals surface area contributed by atoms with Gasteiger partial charge in [0.25, 0.3) is 0 Å². The summed E-state index contributed by atoms with van der Waals surface area (Å²) in [5.41, 5.74) is 6.99. The molecular formula is C25H23BrO2. The first-order chi connectivity index (χ1) is 13.7. The minimum Gasteiger partial charge on any atom is -0.496 e. The first-order valence-electron chi connectivity index (χ1n) is 9.72. The molecule has 0 N–H and O–H groups in total. The average Bonchev–Trinajstić information content (AvgIpc) is 3.26. The maximum absolute atomic E-state index is 5.85. The van der Waals surface area contributed by atoms with Crippen molar-refractivity contribution < 1.29 is 9.47 Å². The summed E-state index contributed by atoms with van der Waals surface area (Å²) >= 11 is 3.80. The van der Waals surface area contributed by atoms with Crippen LogP contribution in [0.3, 0.4) is 0 Å². The Morgan fingerprint density at radius 1 is 0.786 bits per heavy atom. The molecule has 0 saturated heterocycles. The lowest BCUT2D eigenvalue weighted by molar-refractivity contribution is 0.282. The molecule has 0 radical (unpaired) electrons. The van der Waals surface area contributed by atoms with Crippen molar-refractivity contribution in [1.29, 1.82) is 0 Å². The number of fused-ring (bicyclic) bond motifs is 2. The molecule has 2 aliphatic rings. The molecule has 0 bridgehead atoms. The van der Waals surface area contributed by atoms with Gasteiger partial charge in [-0.3, -0.25) is 0 Å². The molecule has 2 aliphatic carbocycles. The van der Waals surface area contributed by atoms with E-state index < -0.39 is 0 Å². The predicted octanol–water partition coefficient (Wildman–Crippen LogP) is 5.94. The third-order valence-corrected chi connectivity index (χ3v) is 7.31. The van der Waals surface area contributed by atoms with E-state index in [1.54, 1.807) is 14.2 Å². The number of benzene rings is 3. The highest BCUT2D eigenvalue weighted by molar-refractivity contribution is 9.10. The van der Waals surface area contributed by atoms with Gasteiger partial charge in [0.1, 0.15) is 11.5 Å². The predicted molar refractivity (Wildman–Crippen MR) is 116 cm³/mol. The van der Waals surface area contributed by atoms with Crippen LogP contribution >= 0.6 is 15.9 Å². The van der Waals surface area contributed by atoms with Gasteiger partial charge in [-0.25, -0.2) is 0 Å². The first-order valence-corrected chi connectivity index (χ1v) is 10.5. The Morgan fingerprint density at radius 2 is 1.50 bits per heavy atom. The van der Waals surface area contributed by atoms with E-state index in [0.29, 0.717) is 0 Å². The molecule has 2 atom stereocenters. The summed E-state index contributed by atoms with van der Waals surface area (Å²) in [7, 11) is 3.54. The molecule has 0 heterocycles. The standard InChI is InChI=1S/C25H23BrO2/c1-27-21-11-12-22(28-2)23-19(21)15-25(24(23)16-7-4-3-5-8-16)13-17-9-6-10-20(26)18(17)14-25/h3-12,24H,13-15H2,1-2H3/t24-,25+/m1/s1. The zero-order chi connectivity index (χ0) is 19.3. The minimum atomic E-state index is 0.109. The van der Waals surface area contributed by atoms with Crippen molar-refractivity contribution in [3.63, 3.8) is 0 Å². The van der Waals surface area contributed by atoms with Crippen LogP contribution in [0, 0.1) is 5.41 Å². The van der Waals surface area contributed by atoms with Gasteiger partial charge in [-0.15, -0.1) is 0 Å². The van der Waals surface area contributed by atoms with Gasteiger partial charge in [-0.05, 0) is 59.6 Å². The number of hydrogen-bond acceptors (Lipinski definition) is 2. The van der Waals surface area contributed by atoms with E-state index in [9.17, 15) is 0 Å².